The van der Waals surface area contributed by atoms with Gasteiger partial charge in [0.1, 0.15) is 5.82 Å². The maximum atomic E-state index is 12.8. The zero-order valence-electron chi connectivity index (χ0n) is 5.73. The van der Waals surface area contributed by atoms with E-state index in [-0.39, 0.29) is 18.1 Å². The molecule has 0 spiro atoms. The van der Waals surface area contributed by atoms with Crippen molar-refractivity contribution in [1.29, 1.82) is 0 Å². The summed E-state index contributed by atoms with van der Waals surface area (Å²) in [5.74, 6) is -0.396. The van der Waals surface area contributed by atoms with Crippen molar-refractivity contribution < 1.29 is 9.18 Å². The molecule has 1 aromatic rings. The van der Waals surface area contributed by atoms with Crippen molar-refractivity contribution in [2.75, 3.05) is 11.9 Å². The molecule has 0 amide bonds. The highest BCUT2D eigenvalue weighted by Crippen LogP contribution is 2.24. The van der Waals surface area contributed by atoms with Crippen LogP contribution in [0.2, 0.25) is 0 Å². The lowest BCUT2D eigenvalue weighted by Crippen LogP contribution is -2.00. The van der Waals surface area contributed by atoms with Crippen LogP contribution in [-0.2, 0) is 0 Å². The molecular weight excluding hydrogens is 145 g/mol. The monoisotopic (exact) mass is 151 g/mol. The molecule has 0 bridgehead atoms. The Labute approximate surface area is 63.0 Å². The van der Waals surface area contributed by atoms with E-state index in [1.165, 1.54) is 6.07 Å². The van der Waals surface area contributed by atoms with Crippen molar-refractivity contribution in [3.05, 3.63) is 29.6 Å². The number of fused-ring (bicyclic) bond motifs is 1. The molecule has 1 heterocycles. The van der Waals surface area contributed by atoms with Crippen molar-refractivity contribution in [2.45, 2.75) is 0 Å². The third-order valence-corrected chi connectivity index (χ3v) is 1.74. The van der Waals surface area contributed by atoms with Gasteiger partial charge in [-0.15, -0.1) is 0 Å². The normalized spacial score (nSPS) is 14.5. The van der Waals surface area contributed by atoms with Crippen molar-refractivity contribution in [2.24, 2.45) is 0 Å². The molecule has 2 nitrogen and oxygen atoms in total. The number of ketones is 1. The average molecular weight is 151 g/mol. The number of benzene rings is 1. The van der Waals surface area contributed by atoms with Crippen LogP contribution in [0.1, 0.15) is 10.4 Å². The Morgan fingerprint density at radius 1 is 1.45 bits per heavy atom. The van der Waals surface area contributed by atoms with Crippen molar-refractivity contribution in [3.8, 4) is 0 Å². The van der Waals surface area contributed by atoms with Gasteiger partial charge in [0.2, 0.25) is 0 Å². The second-order valence-electron chi connectivity index (χ2n) is 2.44. The molecule has 0 unspecified atom stereocenters. The highest BCUT2D eigenvalue weighted by molar-refractivity contribution is 6.07. The van der Waals surface area contributed by atoms with E-state index in [1.807, 2.05) is 0 Å². The highest BCUT2D eigenvalue weighted by atomic mass is 19.1. The van der Waals surface area contributed by atoms with E-state index in [2.05, 4.69) is 5.32 Å². The average Bonchev–Trinajstić information content (AvgIpc) is 2.35. The topological polar surface area (TPSA) is 29.1 Å². The molecule has 1 aliphatic heterocycles. The Hall–Kier alpha value is -1.38. The minimum atomic E-state index is -0.353. The minimum Gasteiger partial charge on any atom is -0.375 e. The quantitative estimate of drug-likeness (QED) is 0.607. The summed E-state index contributed by atoms with van der Waals surface area (Å²) in [6.45, 7) is 0.219. The lowest BCUT2D eigenvalue weighted by Gasteiger charge is -1.97. The Balaban J connectivity index is 2.66. The van der Waals surface area contributed by atoms with Crippen LogP contribution in [0.4, 0.5) is 10.1 Å². The molecule has 0 aliphatic carbocycles. The van der Waals surface area contributed by atoms with E-state index in [0.717, 1.165) is 0 Å². The fraction of sp³-hybridized carbons (Fsp3) is 0.125. The van der Waals surface area contributed by atoms with Gasteiger partial charge in [0, 0.05) is 5.56 Å². The zero-order chi connectivity index (χ0) is 7.84. The van der Waals surface area contributed by atoms with Gasteiger partial charge in [-0.3, -0.25) is 4.79 Å². The number of Topliss-reactive ketones (excluding diaryl/α,β-unsaturated/α-hetero) is 1. The molecule has 0 aromatic heterocycles. The van der Waals surface area contributed by atoms with Crippen LogP contribution in [0.5, 0.6) is 0 Å². The summed E-state index contributed by atoms with van der Waals surface area (Å²) in [5.41, 5.74) is 0.808. The number of nitrogens with one attached hydrogen (secondary N) is 1. The first-order valence-corrected chi connectivity index (χ1v) is 3.34. The molecule has 0 saturated carbocycles. The largest absolute Gasteiger partial charge is 0.375 e. The van der Waals surface area contributed by atoms with E-state index in [4.69, 9.17) is 0 Å². The summed E-state index contributed by atoms with van der Waals surface area (Å²) < 4.78 is 12.8. The van der Waals surface area contributed by atoms with Crippen LogP contribution in [0.3, 0.4) is 0 Å². The lowest BCUT2D eigenvalue weighted by atomic mass is 10.1. The van der Waals surface area contributed by atoms with Crippen molar-refractivity contribution in [1.82, 2.24) is 0 Å². The predicted molar refractivity (Wildman–Crippen MR) is 39.2 cm³/mol. The van der Waals surface area contributed by atoms with E-state index in [0.29, 0.717) is 11.3 Å². The van der Waals surface area contributed by atoms with Gasteiger partial charge in [0.05, 0.1) is 12.2 Å². The lowest BCUT2D eigenvalue weighted by molar-refractivity contribution is 0.101. The van der Waals surface area contributed by atoms with Crippen LogP contribution in [0, 0.1) is 5.82 Å². The first-order valence-electron chi connectivity index (χ1n) is 3.34. The number of halogens is 1. The minimum absolute atomic E-state index is 0.0421. The summed E-state index contributed by atoms with van der Waals surface area (Å²) in [5, 5.41) is 2.69. The highest BCUT2D eigenvalue weighted by Gasteiger charge is 2.20. The molecule has 11 heavy (non-hydrogen) atoms. The summed E-state index contributed by atoms with van der Waals surface area (Å²) >= 11 is 0. The third-order valence-electron chi connectivity index (χ3n) is 1.74. The molecule has 0 atom stereocenters. The number of anilines is 1. The number of para-hydroxylation sites is 1. The Morgan fingerprint density at radius 2 is 2.27 bits per heavy atom. The molecule has 1 aliphatic rings. The second kappa shape index (κ2) is 2.05. The molecule has 0 radical (unpaired) electrons. The van der Waals surface area contributed by atoms with E-state index >= 15 is 0 Å². The molecule has 1 N–H and O–H groups in total. The number of carbonyl (C=O) groups excluding carboxylic acids is 1. The van der Waals surface area contributed by atoms with Crippen LogP contribution in [0.15, 0.2) is 18.2 Å². The first kappa shape index (κ1) is 6.34. The van der Waals surface area contributed by atoms with Gasteiger partial charge in [0.15, 0.2) is 5.78 Å². The molecule has 0 fully saturated rings. The summed E-state index contributed by atoms with van der Waals surface area (Å²) in [4.78, 5) is 11.0. The maximum Gasteiger partial charge on any atom is 0.184 e. The van der Waals surface area contributed by atoms with Gasteiger partial charge >= 0.3 is 0 Å². The molecule has 1 aromatic carbocycles. The Kier molecular flexibility index (Phi) is 1.18. The smallest absolute Gasteiger partial charge is 0.184 e. The van der Waals surface area contributed by atoms with Gasteiger partial charge < -0.3 is 5.32 Å². The Morgan fingerprint density at radius 3 is 3.00 bits per heavy atom. The van der Waals surface area contributed by atoms with Crippen LogP contribution in [0.25, 0.3) is 0 Å². The van der Waals surface area contributed by atoms with Gasteiger partial charge in [-0.1, -0.05) is 6.07 Å². The van der Waals surface area contributed by atoms with Gasteiger partial charge in [-0.05, 0) is 12.1 Å². The van der Waals surface area contributed by atoms with Crippen LogP contribution < -0.4 is 5.32 Å². The van der Waals surface area contributed by atoms with Crippen LogP contribution >= 0.6 is 0 Å². The molecule has 56 valence electrons. The summed E-state index contributed by atoms with van der Waals surface area (Å²) in [6, 6.07) is 4.50. The number of hydrogen-bond acceptors (Lipinski definition) is 2. The van der Waals surface area contributed by atoms with E-state index < -0.39 is 0 Å². The van der Waals surface area contributed by atoms with Crippen molar-refractivity contribution >= 4 is 11.5 Å². The maximum absolute atomic E-state index is 12.8. The van der Waals surface area contributed by atoms with Crippen molar-refractivity contribution in [3.63, 3.8) is 0 Å². The van der Waals surface area contributed by atoms with E-state index in [9.17, 15) is 9.18 Å². The summed E-state index contributed by atoms with van der Waals surface area (Å²) in [6.07, 6.45) is 0. The SMILES string of the molecule is O=C1CNc2c(F)cccc21. The number of hydrogen-bond donors (Lipinski definition) is 1. The standard InChI is InChI=1S/C8H6FNO/c9-6-3-1-2-5-7(11)4-10-8(5)6/h1-3,10H,4H2. The number of rotatable bonds is 0. The fourth-order valence-corrected chi connectivity index (χ4v) is 1.20. The van der Waals surface area contributed by atoms with Gasteiger partial charge in [0.25, 0.3) is 0 Å². The predicted octanol–water partition coefficient (Wildman–Crippen LogP) is 1.43. The summed E-state index contributed by atoms with van der Waals surface area (Å²) in [7, 11) is 0. The third kappa shape index (κ3) is 0.808. The zero-order valence-corrected chi connectivity index (χ0v) is 5.73. The first-order chi connectivity index (χ1) is 5.29. The number of carbonyl (C=O) groups is 1. The van der Waals surface area contributed by atoms with Crippen LogP contribution in [-0.4, -0.2) is 12.3 Å². The molecule has 0 saturated heterocycles. The van der Waals surface area contributed by atoms with E-state index in [1.54, 1.807) is 12.1 Å². The molecular formula is C8H6FNO. The molecule has 2 rings (SSSR count). The van der Waals surface area contributed by atoms with Gasteiger partial charge in [-0.25, -0.2) is 4.39 Å². The Bertz CT molecular complexity index is 322. The second-order valence-corrected chi connectivity index (χ2v) is 2.44. The molecule has 3 heteroatoms. The fourth-order valence-electron chi connectivity index (χ4n) is 1.20. The van der Waals surface area contributed by atoms with Gasteiger partial charge in [-0.2, -0.15) is 0 Å².